The van der Waals surface area contributed by atoms with Crippen molar-refractivity contribution in [2.24, 2.45) is 0 Å². The maximum Gasteiger partial charge on any atom is 0.252 e. The minimum atomic E-state index is -1.01. The average molecular weight is 279 g/mol. The fourth-order valence-corrected chi connectivity index (χ4v) is 2.31. The summed E-state index contributed by atoms with van der Waals surface area (Å²) >= 11 is 0. The molecule has 0 aliphatic carbocycles. The van der Waals surface area contributed by atoms with Crippen molar-refractivity contribution in [2.75, 3.05) is 13.2 Å². The Kier molecular flexibility index (Phi) is 4.95. The summed E-state index contributed by atoms with van der Waals surface area (Å²) in [6.07, 6.45) is 0. The summed E-state index contributed by atoms with van der Waals surface area (Å²) in [5, 5.41) is 21.3. The summed E-state index contributed by atoms with van der Waals surface area (Å²) in [4.78, 5) is 12.5. The standard InChI is InChI=1S/C16H25NO3/c1-9-10(2)12(4)14(13(5)11(9)3)15(20)17-16(6,7-18)8-19/h18-19H,7-8H2,1-6H3,(H,17,20). The predicted octanol–water partition coefficient (Wildman–Crippen LogP) is 1.70. The maximum absolute atomic E-state index is 12.5. The van der Waals surface area contributed by atoms with Gasteiger partial charge in [-0.1, -0.05) is 0 Å². The first-order chi connectivity index (χ1) is 9.18. The highest BCUT2D eigenvalue weighted by molar-refractivity contribution is 5.98. The van der Waals surface area contributed by atoms with E-state index in [9.17, 15) is 15.0 Å². The van der Waals surface area contributed by atoms with Gasteiger partial charge in [-0.25, -0.2) is 0 Å². The van der Waals surface area contributed by atoms with Gasteiger partial charge in [0.2, 0.25) is 0 Å². The molecule has 0 fully saturated rings. The van der Waals surface area contributed by atoms with Gasteiger partial charge >= 0.3 is 0 Å². The van der Waals surface area contributed by atoms with Gasteiger partial charge in [-0.05, 0) is 69.4 Å². The van der Waals surface area contributed by atoms with Crippen LogP contribution in [0, 0.1) is 34.6 Å². The van der Waals surface area contributed by atoms with Crippen LogP contribution in [0.5, 0.6) is 0 Å². The van der Waals surface area contributed by atoms with Crippen LogP contribution >= 0.6 is 0 Å². The van der Waals surface area contributed by atoms with Gasteiger partial charge in [-0.2, -0.15) is 0 Å². The Hall–Kier alpha value is -1.39. The third-order valence-corrected chi connectivity index (χ3v) is 4.34. The molecule has 0 saturated heterocycles. The summed E-state index contributed by atoms with van der Waals surface area (Å²) < 4.78 is 0. The van der Waals surface area contributed by atoms with Crippen molar-refractivity contribution in [3.05, 3.63) is 33.4 Å². The van der Waals surface area contributed by atoms with Crippen LogP contribution in [-0.2, 0) is 0 Å². The molecule has 4 nitrogen and oxygen atoms in total. The molecule has 0 unspecified atom stereocenters. The summed E-state index contributed by atoms with van der Waals surface area (Å²) in [5.74, 6) is -0.253. The number of benzene rings is 1. The molecule has 0 heterocycles. The van der Waals surface area contributed by atoms with Gasteiger partial charge in [0, 0.05) is 5.56 Å². The minimum Gasteiger partial charge on any atom is -0.394 e. The van der Waals surface area contributed by atoms with Gasteiger partial charge < -0.3 is 15.5 Å². The van der Waals surface area contributed by atoms with E-state index in [1.807, 2.05) is 27.7 Å². The molecular weight excluding hydrogens is 254 g/mol. The molecule has 1 amide bonds. The molecule has 1 rings (SSSR count). The number of carbonyl (C=O) groups is 1. The van der Waals surface area contributed by atoms with E-state index in [0.29, 0.717) is 5.56 Å². The van der Waals surface area contributed by atoms with Crippen molar-refractivity contribution in [1.82, 2.24) is 5.32 Å². The number of nitrogens with one attached hydrogen (secondary N) is 1. The number of hydrogen-bond donors (Lipinski definition) is 3. The first-order valence-electron chi connectivity index (χ1n) is 6.79. The zero-order valence-electron chi connectivity index (χ0n) is 13.2. The molecule has 0 saturated carbocycles. The van der Waals surface area contributed by atoms with Gasteiger partial charge in [0.1, 0.15) is 0 Å². The van der Waals surface area contributed by atoms with Crippen molar-refractivity contribution < 1.29 is 15.0 Å². The highest BCUT2D eigenvalue weighted by Gasteiger charge is 2.27. The van der Waals surface area contributed by atoms with Crippen LogP contribution in [0.25, 0.3) is 0 Å². The van der Waals surface area contributed by atoms with E-state index in [0.717, 1.165) is 22.3 Å². The molecule has 20 heavy (non-hydrogen) atoms. The van der Waals surface area contributed by atoms with Crippen LogP contribution in [0.1, 0.15) is 45.1 Å². The maximum atomic E-state index is 12.5. The average Bonchev–Trinajstić information content (AvgIpc) is 2.43. The van der Waals surface area contributed by atoms with Crippen LogP contribution in [-0.4, -0.2) is 34.9 Å². The van der Waals surface area contributed by atoms with E-state index in [1.165, 1.54) is 5.56 Å². The van der Waals surface area contributed by atoms with Crippen LogP contribution in [0.3, 0.4) is 0 Å². The van der Waals surface area contributed by atoms with Crippen LogP contribution < -0.4 is 5.32 Å². The molecule has 0 atom stereocenters. The van der Waals surface area contributed by atoms with Gasteiger partial charge in [0.15, 0.2) is 0 Å². The molecule has 0 aliphatic heterocycles. The summed E-state index contributed by atoms with van der Waals surface area (Å²) in [6, 6.07) is 0. The first kappa shape index (κ1) is 16.7. The topological polar surface area (TPSA) is 69.6 Å². The Morgan fingerprint density at radius 1 is 0.900 bits per heavy atom. The van der Waals surface area contributed by atoms with Crippen molar-refractivity contribution >= 4 is 5.91 Å². The molecule has 0 aromatic heterocycles. The second-order valence-corrected chi connectivity index (χ2v) is 5.83. The van der Waals surface area contributed by atoms with E-state index in [1.54, 1.807) is 6.92 Å². The monoisotopic (exact) mass is 279 g/mol. The lowest BCUT2D eigenvalue weighted by atomic mass is 9.89. The Morgan fingerprint density at radius 2 is 1.25 bits per heavy atom. The highest BCUT2D eigenvalue weighted by Crippen LogP contribution is 2.26. The number of aliphatic hydroxyl groups is 2. The van der Waals surface area contributed by atoms with E-state index >= 15 is 0 Å². The quantitative estimate of drug-likeness (QED) is 0.785. The highest BCUT2D eigenvalue weighted by atomic mass is 16.3. The van der Waals surface area contributed by atoms with Crippen LogP contribution in [0.4, 0.5) is 0 Å². The first-order valence-corrected chi connectivity index (χ1v) is 6.79. The van der Waals surface area contributed by atoms with Gasteiger partial charge in [0.05, 0.1) is 18.8 Å². The van der Waals surface area contributed by atoms with Crippen molar-refractivity contribution in [3.63, 3.8) is 0 Å². The van der Waals surface area contributed by atoms with Crippen molar-refractivity contribution in [3.8, 4) is 0 Å². The molecule has 0 spiro atoms. The summed E-state index contributed by atoms with van der Waals surface area (Å²) in [7, 11) is 0. The molecule has 0 radical (unpaired) electrons. The molecule has 112 valence electrons. The van der Waals surface area contributed by atoms with E-state index in [-0.39, 0.29) is 19.1 Å². The van der Waals surface area contributed by atoms with Crippen molar-refractivity contribution in [2.45, 2.75) is 47.1 Å². The van der Waals surface area contributed by atoms with Crippen LogP contribution in [0.15, 0.2) is 0 Å². The SMILES string of the molecule is Cc1c(C)c(C)c(C(=O)NC(C)(CO)CO)c(C)c1C. The van der Waals surface area contributed by atoms with Gasteiger partial charge in [-0.3, -0.25) is 4.79 Å². The number of rotatable bonds is 4. The van der Waals surface area contributed by atoms with E-state index in [2.05, 4.69) is 12.2 Å². The number of hydrogen-bond acceptors (Lipinski definition) is 3. The Balaban J connectivity index is 3.31. The Labute approximate surface area is 120 Å². The molecule has 1 aromatic carbocycles. The van der Waals surface area contributed by atoms with Gasteiger partial charge in [-0.15, -0.1) is 0 Å². The molecular formula is C16H25NO3. The van der Waals surface area contributed by atoms with Gasteiger partial charge in [0.25, 0.3) is 5.91 Å². The fraction of sp³-hybridized carbons (Fsp3) is 0.562. The second kappa shape index (κ2) is 5.94. The Morgan fingerprint density at radius 3 is 1.60 bits per heavy atom. The molecule has 4 heteroatoms. The third-order valence-electron chi connectivity index (χ3n) is 4.34. The van der Waals surface area contributed by atoms with Crippen LogP contribution in [0.2, 0.25) is 0 Å². The lowest BCUT2D eigenvalue weighted by Gasteiger charge is -2.28. The molecule has 1 aromatic rings. The minimum absolute atomic E-state index is 0.253. The second-order valence-electron chi connectivity index (χ2n) is 5.83. The largest absolute Gasteiger partial charge is 0.394 e. The number of aliphatic hydroxyl groups excluding tert-OH is 2. The third kappa shape index (κ3) is 2.86. The number of amides is 1. The number of carbonyl (C=O) groups excluding carboxylic acids is 1. The molecule has 3 N–H and O–H groups in total. The molecule has 0 bridgehead atoms. The van der Waals surface area contributed by atoms with Crippen molar-refractivity contribution in [1.29, 1.82) is 0 Å². The molecule has 0 aliphatic rings. The normalized spacial score (nSPS) is 11.6. The Bertz CT molecular complexity index is 502. The predicted molar refractivity (Wildman–Crippen MR) is 80.2 cm³/mol. The zero-order valence-corrected chi connectivity index (χ0v) is 13.2. The summed E-state index contributed by atoms with van der Waals surface area (Å²) in [5.41, 5.74) is 4.92. The van der Waals surface area contributed by atoms with E-state index < -0.39 is 5.54 Å². The zero-order chi connectivity index (χ0) is 15.7. The smallest absolute Gasteiger partial charge is 0.252 e. The fourth-order valence-electron chi connectivity index (χ4n) is 2.31. The summed E-state index contributed by atoms with van der Waals surface area (Å²) in [6.45, 7) is 10.9. The lowest BCUT2D eigenvalue weighted by molar-refractivity contribution is 0.0722. The van der Waals surface area contributed by atoms with E-state index in [4.69, 9.17) is 0 Å². The lowest BCUT2D eigenvalue weighted by Crippen LogP contribution is -2.52.